The summed E-state index contributed by atoms with van der Waals surface area (Å²) < 4.78 is 37.9. The molecule has 1 aliphatic heterocycles. The standard InChI is InChI=1S/C18H23F3N2O/c19-18(20,21)16-3-1-14(2-4-16)15-5-6-23(11-15)17(24)9-12-7-13(8-12)10-22/h1-4,12-13,15H,5-11,22H2. The molecule has 1 aromatic carbocycles. The van der Waals surface area contributed by atoms with Crippen molar-refractivity contribution in [2.45, 2.75) is 37.8 Å². The minimum atomic E-state index is -4.31. The number of halogens is 3. The summed E-state index contributed by atoms with van der Waals surface area (Å²) in [5.74, 6) is 1.33. The van der Waals surface area contributed by atoms with Gasteiger partial charge in [-0.2, -0.15) is 13.2 Å². The van der Waals surface area contributed by atoms with Crippen LogP contribution in [0.2, 0.25) is 0 Å². The van der Waals surface area contributed by atoms with E-state index in [2.05, 4.69) is 0 Å². The number of likely N-dealkylation sites (tertiary alicyclic amines) is 1. The Bertz CT molecular complexity index is 579. The Hall–Kier alpha value is -1.56. The van der Waals surface area contributed by atoms with Gasteiger partial charge in [-0.1, -0.05) is 12.1 Å². The van der Waals surface area contributed by atoms with Gasteiger partial charge in [0, 0.05) is 25.4 Å². The van der Waals surface area contributed by atoms with Gasteiger partial charge in [0.1, 0.15) is 0 Å². The first-order valence-corrected chi connectivity index (χ1v) is 8.51. The van der Waals surface area contributed by atoms with Crippen LogP contribution in [0.4, 0.5) is 13.2 Å². The van der Waals surface area contributed by atoms with E-state index in [1.54, 1.807) is 12.1 Å². The largest absolute Gasteiger partial charge is 0.416 e. The van der Waals surface area contributed by atoms with Crippen molar-refractivity contribution >= 4 is 5.91 Å². The summed E-state index contributed by atoms with van der Waals surface area (Å²) in [6, 6.07) is 5.33. The molecule has 2 N–H and O–H groups in total. The lowest BCUT2D eigenvalue weighted by Crippen LogP contribution is -2.36. The van der Waals surface area contributed by atoms with E-state index in [1.165, 1.54) is 0 Å². The average molecular weight is 340 g/mol. The van der Waals surface area contributed by atoms with Crippen molar-refractivity contribution in [3.8, 4) is 0 Å². The highest BCUT2D eigenvalue weighted by Crippen LogP contribution is 2.37. The first-order valence-electron chi connectivity index (χ1n) is 8.51. The molecule has 1 amide bonds. The molecule has 1 atom stereocenters. The van der Waals surface area contributed by atoms with Gasteiger partial charge in [-0.25, -0.2) is 0 Å². The molecule has 1 saturated heterocycles. The van der Waals surface area contributed by atoms with E-state index < -0.39 is 11.7 Å². The van der Waals surface area contributed by atoms with Crippen molar-refractivity contribution < 1.29 is 18.0 Å². The number of rotatable bonds is 4. The van der Waals surface area contributed by atoms with Crippen LogP contribution < -0.4 is 5.73 Å². The van der Waals surface area contributed by atoms with Crippen molar-refractivity contribution in [1.29, 1.82) is 0 Å². The molecule has 1 saturated carbocycles. The molecule has 1 heterocycles. The number of alkyl halides is 3. The predicted octanol–water partition coefficient (Wildman–Crippen LogP) is 3.40. The lowest BCUT2D eigenvalue weighted by molar-refractivity contribution is -0.137. The summed E-state index contributed by atoms with van der Waals surface area (Å²) in [5, 5.41) is 0. The highest BCUT2D eigenvalue weighted by Gasteiger charge is 2.34. The van der Waals surface area contributed by atoms with Gasteiger partial charge in [-0.15, -0.1) is 0 Å². The molecule has 0 radical (unpaired) electrons. The Labute approximate surface area is 140 Å². The quantitative estimate of drug-likeness (QED) is 0.913. The van der Waals surface area contributed by atoms with Crippen LogP contribution in [0.1, 0.15) is 42.7 Å². The molecule has 1 aromatic rings. The number of benzene rings is 1. The molecular weight excluding hydrogens is 317 g/mol. The van der Waals surface area contributed by atoms with Crippen molar-refractivity contribution in [1.82, 2.24) is 4.90 Å². The second-order valence-electron chi connectivity index (χ2n) is 7.09. The number of nitrogens with zero attached hydrogens (tertiary/aromatic N) is 1. The smallest absolute Gasteiger partial charge is 0.342 e. The van der Waals surface area contributed by atoms with Gasteiger partial charge in [0.2, 0.25) is 5.91 Å². The highest BCUT2D eigenvalue weighted by atomic mass is 19.4. The van der Waals surface area contributed by atoms with Crippen LogP contribution in [0, 0.1) is 11.8 Å². The van der Waals surface area contributed by atoms with Gasteiger partial charge in [-0.3, -0.25) is 4.79 Å². The van der Waals surface area contributed by atoms with Crippen LogP contribution in [0.15, 0.2) is 24.3 Å². The Morgan fingerprint density at radius 1 is 1.17 bits per heavy atom. The molecule has 132 valence electrons. The fourth-order valence-electron chi connectivity index (χ4n) is 3.81. The third-order valence-electron chi connectivity index (χ3n) is 5.38. The van der Waals surface area contributed by atoms with Crippen molar-refractivity contribution in [3.05, 3.63) is 35.4 Å². The molecule has 24 heavy (non-hydrogen) atoms. The zero-order valence-electron chi connectivity index (χ0n) is 13.6. The molecule has 3 rings (SSSR count). The first kappa shape index (κ1) is 17.3. The summed E-state index contributed by atoms with van der Waals surface area (Å²) in [6.45, 7) is 2.00. The van der Waals surface area contributed by atoms with Crippen LogP contribution in [0.3, 0.4) is 0 Å². The fraction of sp³-hybridized carbons (Fsp3) is 0.611. The van der Waals surface area contributed by atoms with Gasteiger partial charge in [0.25, 0.3) is 0 Å². The third-order valence-corrected chi connectivity index (χ3v) is 5.38. The Morgan fingerprint density at radius 2 is 1.83 bits per heavy atom. The van der Waals surface area contributed by atoms with Crippen molar-refractivity contribution in [3.63, 3.8) is 0 Å². The maximum atomic E-state index is 12.6. The first-order chi connectivity index (χ1) is 11.4. The van der Waals surface area contributed by atoms with Crippen LogP contribution in [-0.2, 0) is 11.0 Å². The Balaban J connectivity index is 1.52. The van der Waals surface area contributed by atoms with Crippen LogP contribution in [0.5, 0.6) is 0 Å². The van der Waals surface area contributed by atoms with Crippen LogP contribution >= 0.6 is 0 Å². The summed E-state index contributed by atoms with van der Waals surface area (Å²) >= 11 is 0. The van der Waals surface area contributed by atoms with Crippen LogP contribution in [0.25, 0.3) is 0 Å². The second-order valence-corrected chi connectivity index (χ2v) is 7.09. The zero-order chi connectivity index (χ0) is 17.3. The maximum Gasteiger partial charge on any atom is 0.416 e. The van der Waals surface area contributed by atoms with Gasteiger partial charge >= 0.3 is 6.18 Å². The molecule has 2 aliphatic rings. The van der Waals surface area contributed by atoms with Crippen LogP contribution in [-0.4, -0.2) is 30.4 Å². The van der Waals surface area contributed by atoms with Crippen molar-refractivity contribution in [2.24, 2.45) is 17.6 Å². The zero-order valence-corrected chi connectivity index (χ0v) is 13.6. The Morgan fingerprint density at radius 3 is 2.42 bits per heavy atom. The normalized spacial score (nSPS) is 27.2. The van der Waals surface area contributed by atoms with E-state index in [4.69, 9.17) is 5.73 Å². The topological polar surface area (TPSA) is 46.3 Å². The van der Waals surface area contributed by atoms with E-state index in [0.29, 0.717) is 37.9 Å². The summed E-state index contributed by atoms with van der Waals surface area (Å²) in [4.78, 5) is 14.2. The number of hydrogen-bond donors (Lipinski definition) is 1. The number of carbonyl (C=O) groups is 1. The molecule has 3 nitrogen and oxygen atoms in total. The minimum Gasteiger partial charge on any atom is -0.342 e. The molecule has 0 aromatic heterocycles. The Kier molecular flexibility index (Phi) is 4.85. The number of amides is 1. The lowest BCUT2D eigenvalue weighted by Gasteiger charge is -2.35. The monoisotopic (exact) mass is 340 g/mol. The van der Waals surface area contributed by atoms with E-state index in [1.807, 2.05) is 4.90 Å². The van der Waals surface area contributed by atoms with E-state index in [9.17, 15) is 18.0 Å². The highest BCUT2D eigenvalue weighted by molar-refractivity contribution is 5.77. The number of nitrogens with two attached hydrogens (primary N) is 1. The van der Waals surface area contributed by atoms with E-state index >= 15 is 0 Å². The van der Waals surface area contributed by atoms with Crippen molar-refractivity contribution in [2.75, 3.05) is 19.6 Å². The molecule has 2 fully saturated rings. The number of hydrogen-bond acceptors (Lipinski definition) is 2. The SMILES string of the molecule is NCC1CC(CC(=O)N2CCC(c3ccc(C(F)(F)F)cc3)C2)C1. The average Bonchev–Trinajstić information content (AvgIpc) is 2.99. The summed E-state index contributed by atoms with van der Waals surface area (Å²) in [6.07, 6.45) is -0.833. The van der Waals surface area contributed by atoms with Gasteiger partial charge < -0.3 is 10.6 Å². The number of carbonyl (C=O) groups excluding carboxylic acids is 1. The summed E-state index contributed by atoms with van der Waals surface area (Å²) in [7, 11) is 0. The predicted molar refractivity (Wildman–Crippen MR) is 85.3 cm³/mol. The molecule has 0 spiro atoms. The lowest BCUT2D eigenvalue weighted by atomic mass is 9.73. The van der Waals surface area contributed by atoms with Gasteiger partial charge in [0.05, 0.1) is 5.56 Å². The fourth-order valence-corrected chi connectivity index (χ4v) is 3.81. The molecule has 6 heteroatoms. The van der Waals surface area contributed by atoms with E-state index in [-0.39, 0.29) is 11.8 Å². The second kappa shape index (κ2) is 6.75. The minimum absolute atomic E-state index is 0.134. The maximum absolute atomic E-state index is 12.6. The van der Waals surface area contributed by atoms with Gasteiger partial charge in [0.15, 0.2) is 0 Å². The molecule has 1 aliphatic carbocycles. The van der Waals surface area contributed by atoms with E-state index in [0.717, 1.165) is 37.0 Å². The third kappa shape index (κ3) is 3.74. The summed E-state index contributed by atoms with van der Waals surface area (Å²) in [5.41, 5.74) is 5.85. The van der Waals surface area contributed by atoms with Gasteiger partial charge in [-0.05, 0) is 55.3 Å². The molecule has 0 bridgehead atoms. The molecule has 1 unspecified atom stereocenters. The molecular formula is C18H23F3N2O.